The lowest BCUT2D eigenvalue weighted by atomic mass is 10.1. The first-order chi connectivity index (χ1) is 7.09. The Labute approximate surface area is 87.6 Å². The number of alkyl halides is 2. The molecule has 15 heavy (non-hydrogen) atoms. The first-order valence-corrected chi connectivity index (χ1v) is 4.59. The molecule has 81 valence electrons. The molecule has 1 aromatic carbocycles. The summed E-state index contributed by atoms with van der Waals surface area (Å²) in [6.07, 6.45) is 0.0208. The summed E-state index contributed by atoms with van der Waals surface area (Å²) in [4.78, 5) is 4.87. The van der Waals surface area contributed by atoms with Gasteiger partial charge in [-0.05, 0) is 19.9 Å². The standard InChI is InChI=1S/C11H12F2NO/c1-8(2)15-14-7-9-4-3-5-10(6-9)11(12)13/h3-6,8,11H,1-2H3. The molecule has 0 heterocycles. The van der Waals surface area contributed by atoms with Crippen molar-refractivity contribution in [3.8, 4) is 0 Å². The lowest BCUT2D eigenvalue weighted by Crippen LogP contribution is -1.96. The van der Waals surface area contributed by atoms with E-state index in [-0.39, 0.29) is 11.7 Å². The first kappa shape index (κ1) is 11.6. The van der Waals surface area contributed by atoms with Crippen LogP contribution in [0.5, 0.6) is 0 Å². The van der Waals surface area contributed by atoms with Crippen LogP contribution >= 0.6 is 0 Å². The van der Waals surface area contributed by atoms with Crippen LogP contribution in [0, 0.1) is 0 Å². The monoisotopic (exact) mass is 212 g/mol. The highest BCUT2D eigenvalue weighted by Gasteiger charge is 2.06. The minimum atomic E-state index is -2.47. The summed E-state index contributed by atoms with van der Waals surface area (Å²) >= 11 is 0. The summed E-state index contributed by atoms with van der Waals surface area (Å²) in [6.45, 7) is 3.64. The second kappa shape index (κ2) is 5.44. The molecule has 1 aromatic rings. The Balaban J connectivity index is 2.69. The van der Waals surface area contributed by atoms with Crippen LogP contribution in [0.2, 0.25) is 0 Å². The van der Waals surface area contributed by atoms with E-state index in [0.29, 0.717) is 5.56 Å². The van der Waals surface area contributed by atoms with E-state index in [9.17, 15) is 8.78 Å². The van der Waals surface area contributed by atoms with E-state index < -0.39 is 6.43 Å². The van der Waals surface area contributed by atoms with E-state index in [0.717, 1.165) is 0 Å². The summed E-state index contributed by atoms with van der Waals surface area (Å²) in [6, 6.07) is 5.87. The van der Waals surface area contributed by atoms with E-state index >= 15 is 0 Å². The topological polar surface area (TPSA) is 21.6 Å². The highest BCUT2D eigenvalue weighted by Crippen LogP contribution is 2.18. The Morgan fingerprint density at radius 3 is 2.67 bits per heavy atom. The molecule has 0 fully saturated rings. The Morgan fingerprint density at radius 1 is 1.33 bits per heavy atom. The summed E-state index contributed by atoms with van der Waals surface area (Å²) in [7, 11) is 0. The normalized spacial score (nSPS) is 11.6. The molecule has 0 unspecified atom stereocenters. The van der Waals surface area contributed by atoms with Crippen molar-refractivity contribution >= 4 is 6.21 Å². The fourth-order valence-corrected chi connectivity index (χ4v) is 0.928. The zero-order valence-corrected chi connectivity index (χ0v) is 8.58. The zero-order valence-electron chi connectivity index (χ0n) is 8.58. The molecule has 1 radical (unpaired) electrons. The third-order valence-corrected chi connectivity index (χ3v) is 1.58. The van der Waals surface area contributed by atoms with E-state index in [1.807, 2.05) is 13.8 Å². The first-order valence-electron chi connectivity index (χ1n) is 4.59. The Hall–Kier alpha value is -1.45. The van der Waals surface area contributed by atoms with Gasteiger partial charge in [-0.2, -0.15) is 0 Å². The summed E-state index contributed by atoms with van der Waals surface area (Å²) in [5.74, 6) is 0. The van der Waals surface area contributed by atoms with Gasteiger partial charge in [-0.25, -0.2) is 8.78 Å². The Bertz CT molecular complexity index is 337. The zero-order chi connectivity index (χ0) is 11.3. The largest absolute Gasteiger partial charge is 0.393 e. The van der Waals surface area contributed by atoms with Gasteiger partial charge in [0.1, 0.15) is 12.3 Å². The smallest absolute Gasteiger partial charge is 0.263 e. The van der Waals surface area contributed by atoms with Crippen molar-refractivity contribution < 1.29 is 13.6 Å². The lowest BCUT2D eigenvalue weighted by Gasteiger charge is -2.01. The van der Waals surface area contributed by atoms with Crippen LogP contribution in [-0.2, 0) is 4.84 Å². The predicted octanol–water partition coefficient (Wildman–Crippen LogP) is 3.26. The molecule has 0 N–H and O–H groups in total. The molecule has 0 aromatic heterocycles. The maximum atomic E-state index is 12.3. The molecule has 1 rings (SSSR count). The van der Waals surface area contributed by atoms with Crippen LogP contribution < -0.4 is 0 Å². The Morgan fingerprint density at radius 2 is 2.07 bits per heavy atom. The van der Waals surface area contributed by atoms with Gasteiger partial charge >= 0.3 is 0 Å². The van der Waals surface area contributed by atoms with Gasteiger partial charge in [0, 0.05) is 11.1 Å². The molecule has 2 nitrogen and oxygen atoms in total. The van der Waals surface area contributed by atoms with Gasteiger partial charge in [0.25, 0.3) is 6.43 Å². The number of nitrogens with zero attached hydrogens (tertiary/aromatic N) is 1. The van der Waals surface area contributed by atoms with Crippen molar-refractivity contribution in [1.82, 2.24) is 0 Å². The number of hydrogen-bond donors (Lipinski definition) is 0. The minimum absolute atomic E-state index is 0.0419. The van der Waals surface area contributed by atoms with Gasteiger partial charge < -0.3 is 4.84 Å². The number of halogens is 2. The van der Waals surface area contributed by atoms with Gasteiger partial charge in [0.15, 0.2) is 0 Å². The fourth-order valence-electron chi connectivity index (χ4n) is 0.928. The lowest BCUT2D eigenvalue weighted by molar-refractivity contribution is 0.0873. The van der Waals surface area contributed by atoms with Crippen molar-refractivity contribution in [2.75, 3.05) is 0 Å². The fraction of sp³-hybridized carbons (Fsp3) is 0.364. The van der Waals surface area contributed by atoms with Crippen LogP contribution in [0.4, 0.5) is 8.78 Å². The average molecular weight is 212 g/mol. The molecule has 0 aliphatic heterocycles. The molecule has 4 heteroatoms. The van der Waals surface area contributed by atoms with Gasteiger partial charge in [0.05, 0.1) is 0 Å². The summed E-state index contributed by atoms with van der Waals surface area (Å²) in [5, 5.41) is 3.55. The van der Waals surface area contributed by atoms with Crippen LogP contribution in [0.1, 0.15) is 31.4 Å². The van der Waals surface area contributed by atoms with Gasteiger partial charge in [-0.15, -0.1) is 0 Å². The maximum absolute atomic E-state index is 12.3. The van der Waals surface area contributed by atoms with Crippen LogP contribution in [0.25, 0.3) is 0 Å². The third-order valence-electron chi connectivity index (χ3n) is 1.58. The SMILES string of the molecule is CC(C)O/N=[C]/c1cccc(C(F)F)c1. The van der Waals surface area contributed by atoms with Crippen molar-refractivity contribution in [2.24, 2.45) is 5.16 Å². The molecular weight excluding hydrogens is 200 g/mol. The van der Waals surface area contributed by atoms with Crippen LogP contribution in [0.3, 0.4) is 0 Å². The second-order valence-corrected chi connectivity index (χ2v) is 3.28. The predicted molar refractivity (Wildman–Crippen MR) is 54.2 cm³/mol. The number of benzene rings is 1. The Kier molecular flexibility index (Phi) is 4.21. The molecule has 0 aliphatic rings. The van der Waals surface area contributed by atoms with E-state index in [2.05, 4.69) is 11.4 Å². The van der Waals surface area contributed by atoms with Crippen molar-refractivity contribution in [3.05, 3.63) is 35.4 Å². The maximum Gasteiger partial charge on any atom is 0.263 e. The summed E-state index contributed by atoms with van der Waals surface area (Å²) < 4.78 is 24.6. The van der Waals surface area contributed by atoms with Crippen LogP contribution in [-0.4, -0.2) is 12.3 Å². The minimum Gasteiger partial charge on any atom is -0.393 e. The van der Waals surface area contributed by atoms with E-state index in [1.54, 1.807) is 6.07 Å². The van der Waals surface area contributed by atoms with Crippen molar-refractivity contribution in [1.29, 1.82) is 0 Å². The van der Waals surface area contributed by atoms with Gasteiger partial charge in [-0.3, -0.25) is 0 Å². The van der Waals surface area contributed by atoms with E-state index in [4.69, 9.17) is 4.84 Å². The highest BCUT2D eigenvalue weighted by molar-refractivity contribution is 5.79. The average Bonchev–Trinajstić information content (AvgIpc) is 2.17. The molecule has 0 saturated heterocycles. The number of rotatable bonds is 4. The van der Waals surface area contributed by atoms with Crippen LogP contribution in [0.15, 0.2) is 29.4 Å². The molecule has 0 atom stereocenters. The highest BCUT2D eigenvalue weighted by atomic mass is 19.3. The molecular formula is C11H12F2NO. The molecule has 0 bridgehead atoms. The van der Waals surface area contributed by atoms with E-state index in [1.165, 1.54) is 18.2 Å². The van der Waals surface area contributed by atoms with Crippen molar-refractivity contribution in [2.45, 2.75) is 26.4 Å². The van der Waals surface area contributed by atoms with Gasteiger partial charge in [0.2, 0.25) is 0 Å². The molecule has 0 aliphatic carbocycles. The molecule has 0 saturated carbocycles. The molecule has 0 spiro atoms. The second-order valence-electron chi connectivity index (χ2n) is 3.28. The quantitative estimate of drug-likeness (QED) is 0.554. The number of hydrogen-bond acceptors (Lipinski definition) is 2. The van der Waals surface area contributed by atoms with Gasteiger partial charge in [-0.1, -0.05) is 23.4 Å². The molecule has 0 amide bonds. The van der Waals surface area contributed by atoms with Crippen molar-refractivity contribution in [3.63, 3.8) is 0 Å². The summed E-state index contributed by atoms with van der Waals surface area (Å²) in [5.41, 5.74) is 0.438. The third kappa shape index (κ3) is 4.06.